The number of hydrogen-bond donors (Lipinski definition) is 1. The molecule has 2 aromatic heterocycles. The molecule has 0 unspecified atom stereocenters. The molecule has 0 saturated carbocycles. The van der Waals surface area contributed by atoms with Crippen molar-refractivity contribution in [3.05, 3.63) is 40.7 Å². The van der Waals surface area contributed by atoms with Crippen LogP contribution in [0.1, 0.15) is 18.9 Å². The van der Waals surface area contributed by atoms with Crippen LogP contribution in [0.15, 0.2) is 29.6 Å². The summed E-state index contributed by atoms with van der Waals surface area (Å²) in [6.07, 6.45) is 6.30. The molecular weight excluding hydrogens is 230 g/mol. The fourth-order valence-electron chi connectivity index (χ4n) is 1.82. The van der Waals surface area contributed by atoms with E-state index in [0.717, 1.165) is 12.0 Å². The molecule has 0 saturated heterocycles. The van der Waals surface area contributed by atoms with E-state index in [1.165, 1.54) is 6.33 Å². The van der Waals surface area contributed by atoms with Crippen LogP contribution in [0, 0.1) is 0 Å². The van der Waals surface area contributed by atoms with Crippen molar-refractivity contribution < 1.29 is 4.74 Å². The molecule has 18 heavy (non-hydrogen) atoms. The Balaban J connectivity index is 2.55. The largest absolute Gasteiger partial charge is 0.495 e. The number of H-pyrrole nitrogens is 1. The lowest BCUT2D eigenvalue weighted by molar-refractivity contribution is 0.413. The molecule has 0 aliphatic carbocycles. The van der Waals surface area contributed by atoms with Gasteiger partial charge in [-0.1, -0.05) is 13.3 Å². The Labute approximate surface area is 105 Å². The van der Waals surface area contributed by atoms with Crippen LogP contribution in [0.2, 0.25) is 0 Å². The second-order valence-corrected chi connectivity index (χ2v) is 3.92. The van der Waals surface area contributed by atoms with E-state index in [9.17, 15) is 4.79 Å². The Morgan fingerprint density at radius 3 is 2.94 bits per heavy atom. The zero-order chi connectivity index (χ0) is 13.0. The minimum Gasteiger partial charge on any atom is -0.495 e. The molecule has 5 heteroatoms. The summed E-state index contributed by atoms with van der Waals surface area (Å²) in [5, 5.41) is 0. The van der Waals surface area contributed by atoms with Gasteiger partial charge < -0.3 is 9.72 Å². The zero-order valence-corrected chi connectivity index (χ0v) is 10.4. The van der Waals surface area contributed by atoms with Crippen LogP contribution < -0.4 is 10.3 Å². The van der Waals surface area contributed by atoms with Crippen LogP contribution in [0.25, 0.3) is 11.3 Å². The summed E-state index contributed by atoms with van der Waals surface area (Å²) < 4.78 is 5.13. The summed E-state index contributed by atoms with van der Waals surface area (Å²) in [5.74, 6) is 0.650. The predicted octanol–water partition coefficient (Wildman–Crippen LogP) is 1.79. The third kappa shape index (κ3) is 2.40. The van der Waals surface area contributed by atoms with E-state index in [1.54, 1.807) is 19.5 Å². The molecule has 1 N–H and O–H groups in total. The predicted molar refractivity (Wildman–Crippen MR) is 68.6 cm³/mol. The monoisotopic (exact) mass is 245 g/mol. The van der Waals surface area contributed by atoms with Crippen LogP contribution >= 0.6 is 0 Å². The first-order valence-corrected chi connectivity index (χ1v) is 5.82. The minimum atomic E-state index is -0.0929. The first-order chi connectivity index (χ1) is 8.76. The first-order valence-electron chi connectivity index (χ1n) is 5.82. The number of aromatic nitrogens is 3. The van der Waals surface area contributed by atoms with E-state index in [1.807, 2.05) is 13.0 Å². The Kier molecular flexibility index (Phi) is 3.72. The highest BCUT2D eigenvalue weighted by molar-refractivity contribution is 5.62. The van der Waals surface area contributed by atoms with Gasteiger partial charge in [-0.25, -0.2) is 4.98 Å². The highest BCUT2D eigenvalue weighted by Gasteiger charge is 2.11. The molecule has 2 rings (SSSR count). The van der Waals surface area contributed by atoms with Gasteiger partial charge in [0, 0.05) is 17.3 Å². The lowest BCUT2D eigenvalue weighted by atomic mass is 10.1. The van der Waals surface area contributed by atoms with Gasteiger partial charge >= 0.3 is 0 Å². The number of hydrogen-bond acceptors (Lipinski definition) is 4. The minimum absolute atomic E-state index is 0.0929. The molecule has 0 fully saturated rings. The van der Waals surface area contributed by atoms with Gasteiger partial charge in [0.2, 0.25) is 0 Å². The fourth-order valence-corrected chi connectivity index (χ4v) is 1.82. The van der Waals surface area contributed by atoms with Crippen molar-refractivity contribution in [1.82, 2.24) is 15.0 Å². The Bertz CT molecular complexity index is 593. The average molecular weight is 245 g/mol. The van der Waals surface area contributed by atoms with Gasteiger partial charge in [-0.05, 0) is 12.5 Å². The standard InChI is InChI=1S/C13H15N3O2/c1-3-4-11-12(15-8-16-13(11)17)9-5-10(18-2)7-14-6-9/h5-8H,3-4H2,1-2H3,(H,15,16,17). The van der Waals surface area contributed by atoms with Gasteiger partial charge in [0.25, 0.3) is 5.56 Å². The molecule has 0 aliphatic rings. The lowest BCUT2D eigenvalue weighted by Crippen LogP contribution is -2.14. The molecule has 0 amide bonds. The quantitative estimate of drug-likeness (QED) is 0.891. The molecule has 2 aromatic rings. The number of nitrogens with zero attached hydrogens (tertiary/aromatic N) is 2. The Morgan fingerprint density at radius 2 is 2.22 bits per heavy atom. The normalized spacial score (nSPS) is 10.3. The van der Waals surface area contributed by atoms with E-state index in [2.05, 4.69) is 15.0 Å². The molecule has 0 atom stereocenters. The summed E-state index contributed by atoms with van der Waals surface area (Å²) >= 11 is 0. The van der Waals surface area contributed by atoms with Crippen molar-refractivity contribution in [2.24, 2.45) is 0 Å². The molecule has 0 bridgehead atoms. The van der Waals surface area contributed by atoms with Crippen molar-refractivity contribution in [3.8, 4) is 17.0 Å². The van der Waals surface area contributed by atoms with E-state index in [4.69, 9.17) is 4.74 Å². The number of methoxy groups -OCH3 is 1. The maximum Gasteiger partial charge on any atom is 0.254 e. The van der Waals surface area contributed by atoms with Gasteiger partial charge in [0.15, 0.2) is 0 Å². The Morgan fingerprint density at radius 1 is 1.39 bits per heavy atom. The van der Waals surface area contributed by atoms with E-state index in [0.29, 0.717) is 23.4 Å². The number of aromatic amines is 1. The topological polar surface area (TPSA) is 67.9 Å². The van der Waals surface area contributed by atoms with Crippen LogP contribution in [-0.4, -0.2) is 22.1 Å². The van der Waals surface area contributed by atoms with E-state index in [-0.39, 0.29) is 5.56 Å². The first kappa shape index (κ1) is 12.3. The van der Waals surface area contributed by atoms with Gasteiger partial charge in [0.05, 0.1) is 25.3 Å². The number of nitrogens with one attached hydrogen (secondary N) is 1. The van der Waals surface area contributed by atoms with Crippen LogP contribution in [0.4, 0.5) is 0 Å². The summed E-state index contributed by atoms with van der Waals surface area (Å²) in [6.45, 7) is 2.03. The fraction of sp³-hybridized carbons (Fsp3) is 0.308. The summed E-state index contributed by atoms with van der Waals surface area (Å²) in [6, 6.07) is 1.83. The van der Waals surface area contributed by atoms with E-state index >= 15 is 0 Å². The third-order valence-corrected chi connectivity index (χ3v) is 2.67. The average Bonchev–Trinajstić information content (AvgIpc) is 2.41. The maximum absolute atomic E-state index is 11.8. The van der Waals surface area contributed by atoms with Crippen LogP contribution in [-0.2, 0) is 6.42 Å². The molecule has 94 valence electrons. The SMILES string of the molecule is CCCc1c(-c2cncc(OC)c2)nc[nH]c1=O. The highest BCUT2D eigenvalue weighted by Crippen LogP contribution is 2.22. The zero-order valence-electron chi connectivity index (χ0n) is 10.4. The molecule has 5 nitrogen and oxygen atoms in total. The van der Waals surface area contributed by atoms with Gasteiger partial charge in [-0.15, -0.1) is 0 Å². The highest BCUT2D eigenvalue weighted by atomic mass is 16.5. The van der Waals surface area contributed by atoms with Crippen molar-refractivity contribution in [2.75, 3.05) is 7.11 Å². The third-order valence-electron chi connectivity index (χ3n) is 2.67. The van der Waals surface area contributed by atoms with Gasteiger partial charge in [-0.3, -0.25) is 9.78 Å². The lowest BCUT2D eigenvalue weighted by Gasteiger charge is -2.07. The summed E-state index contributed by atoms with van der Waals surface area (Å²) in [5.41, 5.74) is 2.07. The number of rotatable bonds is 4. The molecule has 2 heterocycles. The smallest absolute Gasteiger partial charge is 0.254 e. The van der Waals surface area contributed by atoms with Crippen molar-refractivity contribution >= 4 is 0 Å². The van der Waals surface area contributed by atoms with Gasteiger partial charge in [0.1, 0.15) is 5.75 Å². The van der Waals surface area contributed by atoms with E-state index < -0.39 is 0 Å². The second-order valence-electron chi connectivity index (χ2n) is 3.92. The van der Waals surface area contributed by atoms with Crippen LogP contribution in [0.5, 0.6) is 5.75 Å². The molecule has 0 aromatic carbocycles. The maximum atomic E-state index is 11.8. The molecule has 0 radical (unpaired) electrons. The van der Waals surface area contributed by atoms with Crippen molar-refractivity contribution in [2.45, 2.75) is 19.8 Å². The van der Waals surface area contributed by atoms with Crippen molar-refractivity contribution in [1.29, 1.82) is 0 Å². The molecular formula is C13H15N3O2. The molecule has 0 spiro atoms. The number of pyridine rings is 1. The summed E-state index contributed by atoms with van der Waals surface area (Å²) in [4.78, 5) is 22.8. The van der Waals surface area contributed by atoms with Gasteiger partial charge in [-0.2, -0.15) is 0 Å². The Hall–Kier alpha value is -2.17. The molecule has 0 aliphatic heterocycles. The summed E-state index contributed by atoms with van der Waals surface area (Å²) in [7, 11) is 1.58. The van der Waals surface area contributed by atoms with Crippen LogP contribution in [0.3, 0.4) is 0 Å². The number of ether oxygens (including phenoxy) is 1. The second kappa shape index (κ2) is 5.44. The van der Waals surface area contributed by atoms with Crippen molar-refractivity contribution in [3.63, 3.8) is 0 Å².